The molecule has 0 radical (unpaired) electrons. The number of likely N-dealkylation sites (N-methyl/N-ethyl adjacent to an activating group) is 1. The van der Waals surface area contributed by atoms with Crippen molar-refractivity contribution in [2.75, 3.05) is 13.1 Å². The Bertz CT molecular complexity index is 355. The summed E-state index contributed by atoms with van der Waals surface area (Å²) in [6, 6.07) is 11.3. The maximum atomic E-state index is 2.60. The fourth-order valence-corrected chi connectivity index (χ4v) is 2.59. The van der Waals surface area contributed by atoms with Gasteiger partial charge in [-0.15, -0.1) is 0 Å². The first-order valence-electron chi connectivity index (χ1n) is 8.29. The minimum Gasteiger partial charge on any atom is -0.297 e. The molecule has 0 amide bonds. The van der Waals surface area contributed by atoms with Crippen LogP contribution in [0.1, 0.15) is 58.4 Å². The van der Waals surface area contributed by atoms with Gasteiger partial charge in [-0.1, -0.05) is 82.5 Å². The molecule has 0 saturated carbocycles. The average Bonchev–Trinajstić information content (AvgIpc) is 2.72. The second-order valence-electron chi connectivity index (χ2n) is 5.52. The predicted molar refractivity (Wildman–Crippen MR) is 90.9 cm³/mol. The molecule has 20 heavy (non-hydrogen) atoms. The lowest BCUT2D eigenvalue weighted by Gasteiger charge is -2.25. The fourth-order valence-electron chi connectivity index (χ4n) is 2.59. The van der Waals surface area contributed by atoms with Crippen LogP contribution < -0.4 is 0 Å². The molecular formula is C19H31N. The van der Waals surface area contributed by atoms with Crippen molar-refractivity contribution in [3.8, 4) is 0 Å². The molecule has 1 aliphatic rings. The molecule has 1 fully saturated rings. The second kappa shape index (κ2) is 10.7. The van der Waals surface area contributed by atoms with Gasteiger partial charge in [0.05, 0.1) is 0 Å². The molecule has 0 aliphatic carbocycles. The van der Waals surface area contributed by atoms with Crippen molar-refractivity contribution in [1.29, 1.82) is 0 Å². The quantitative estimate of drug-likeness (QED) is 0.714. The summed E-state index contributed by atoms with van der Waals surface area (Å²) in [6.07, 6.45) is 11.4. The summed E-state index contributed by atoms with van der Waals surface area (Å²) in [5.41, 5.74) is 1.31. The zero-order valence-electron chi connectivity index (χ0n) is 13.5. The van der Waals surface area contributed by atoms with E-state index in [0.29, 0.717) is 6.04 Å². The Morgan fingerprint density at radius 3 is 2.40 bits per heavy atom. The second-order valence-corrected chi connectivity index (χ2v) is 5.52. The summed E-state index contributed by atoms with van der Waals surface area (Å²) >= 11 is 0. The van der Waals surface area contributed by atoms with Gasteiger partial charge in [-0.2, -0.15) is 0 Å². The normalized spacial score (nSPS) is 20.2. The van der Waals surface area contributed by atoms with Crippen molar-refractivity contribution >= 4 is 6.08 Å². The first kappa shape index (κ1) is 17.0. The molecule has 0 bridgehead atoms. The first-order valence-corrected chi connectivity index (χ1v) is 8.29. The van der Waals surface area contributed by atoms with E-state index < -0.39 is 0 Å². The van der Waals surface area contributed by atoms with Crippen LogP contribution in [0.3, 0.4) is 0 Å². The van der Waals surface area contributed by atoms with Crippen LogP contribution in [-0.4, -0.2) is 24.0 Å². The standard InChI is InChI=1S/C16H23N.C3H8/c1-2-17-14-8-4-7-11-16(17)13-12-15-9-5-3-6-10-15;1-3-2/h3,5-6,9-10,12-13,16H,2,4,7-8,11,14H2,1H3;3H2,1-2H3/b13-12+;. The largest absolute Gasteiger partial charge is 0.297 e. The zero-order valence-corrected chi connectivity index (χ0v) is 13.5. The number of nitrogens with zero attached hydrogens (tertiary/aromatic N) is 1. The highest BCUT2D eigenvalue weighted by atomic mass is 15.1. The van der Waals surface area contributed by atoms with E-state index in [4.69, 9.17) is 0 Å². The van der Waals surface area contributed by atoms with E-state index in [1.807, 2.05) is 0 Å². The van der Waals surface area contributed by atoms with Crippen LogP contribution in [0, 0.1) is 0 Å². The van der Waals surface area contributed by atoms with Crippen molar-refractivity contribution in [3.05, 3.63) is 42.0 Å². The molecule has 1 heteroatoms. The highest BCUT2D eigenvalue weighted by molar-refractivity contribution is 5.49. The Morgan fingerprint density at radius 1 is 1.05 bits per heavy atom. The van der Waals surface area contributed by atoms with E-state index in [2.05, 4.69) is 68.2 Å². The third-order valence-corrected chi connectivity index (χ3v) is 3.63. The van der Waals surface area contributed by atoms with Crippen LogP contribution in [-0.2, 0) is 0 Å². The molecule has 1 saturated heterocycles. The third kappa shape index (κ3) is 6.38. The van der Waals surface area contributed by atoms with Crippen molar-refractivity contribution in [3.63, 3.8) is 0 Å². The molecule has 112 valence electrons. The van der Waals surface area contributed by atoms with Gasteiger partial charge in [0, 0.05) is 6.04 Å². The Kier molecular flexibility index (Phi) is 9.06. The molecule has 1 atom stereocenters. The molecular weight excluding hydrogens is 242 g/mol. The van der Waals surface area contributed by atoms with E-state index >= 15 is 0 Å². The summed E-state index contributed by atoms with van der Waals surface area (Å²) in [5, 5.41) is 0. The van der Waals surface area contributed by atoms with Crippen LogP contribution >= 0.6 is 0 Å². The Balaban J connectivity index is 0.000000612. The third-order valence-electron chi connectivity index (χ3n) is 3.63. The summed E-state index contributed by atoms with van der Waals surface area (Å²) in [5.74, 6) is 0. The van der Waals surface area contributed by atoms with Crippen molar-refractivity contribution in [2.45, 2.75) is 58.9 Å². The van der Waals surface area contributed by atoms with Crippen LogP contribution in [0.25, 0.3) is 6.08 Å². The highest BCUT2D eigenvalue weighted by Gasteiger charge is 2.16. The van der Waals surface area contributed by atoms with Gasteiger partial charge < -0.3 is 0 Å². The summed E-state index contributed by atoms with van der Waals surface area (Å²) < 4.78 is 0. The minimum atomic E-state index is 0.641. The van der Waals surface area contributed by atoms with Crippen molar-refractivity contribution in [1.82, 2.24) is 4.90 Å². The number of hydrogen-bond acceptors (Lipinski definition) is 1. The van der Waals surface area contributed by atoms with Crippen LogP contribution in [0.15, 0.2) is 36.4 Å². The van der Waals surface area contributed by atoms with E-state index in [1.165, 1.54) is 50.8 Å². The average molecular weight is 273 g/mol. The molecule has 0 N–H and O–H groups in total. The highest BCUT2D eigenvalue weighted by Crippen LogP contribution is 2.18. The van der Waals surface area contributed by atoms with Gasteiger partial charge in [-0.05, 0) is 31.5 Å². The van der Waals surface area contributed by atoms with Gasteiger partial charge in [0.2, 0.25) is 0 Å². The zero-order chi connectivity index (χ0) is 14.6. The summed E-state index contributed by atoms with van der Waals surface area (Å²) in [4.78, 5) is 2.60. The van der Waals surface area contributed by atoms with E-state index in [-0.39, 0.29) is 0 Å². The smallest absolute Gasteiger partial charge is 0.0281 e. The monoisotopic (exact) mass is 273 g/mol. The van der Waals surface area contributed by atoms with Crippen LogP contribution in [0.4, 0.5) is 0 Å². The number of hydrogen-bond donors (Lipinski definition) is 0. The maximum Gasteiger partial charge on any atom is 0.0281 e. The molecule has 0 aromatic heterocycles. The number of likely N-dealkylation sites (tertiary alicyclic amines) is 1. The molecule has 1 unspecified atom stereocenters. The Labute approximate surface area is 125 Å². The molecule has 1 nitrogen and oxygen atoms in total. The van der Waals surface area contributed by atoms with Crippen LogP contribution in [0.5, 0.6) is 0 Å². The number of rotatable bonds is 3. The molecule has 1 aliphatic heterocycles. The molecule has 1 aromatic carbocycles. The lowest BCUT2D eigenvalue weighted by molar-refractivity contribution is 0.248. The van der Waals surface area contributed by atoms with Gasteiger partial charge in [0.15, 0.2) is 0 Å². The lowest BCUT2D eigenvalue weighted by atomic mass is 10.1. The fraction of sp³-hybridized carbons (Fsp3) is 0.579. The van der Waals surface area contributed by atoms with Gasteiger partial charge in [-0.25, -0.2) is 0 Å². The summed E-state index contributed by atoms with van der Waals surface area (Å²) in [7, 11) is 0. The SMILES string of the molecule is CCC.CCN1CCCCCC1/C=C/c1ccccc1. The van der Waals surface area contributed by atoms with Gasteiger partial charge in [-0.3, -0.25) is 4.90 Å². The van der Waals surface area contributed by atoms with Crippen molar-refractivity contribution < 1.29 is 0 Å². The predicted octanol–water partition coefficient (Wildman–Crippen LogP) is 5.38. The molecule has 1 aromatic rings. The molecule has 2 rings (SSSR count). The van der Waals surface area contributed by atoms with E-state index in [0.717, 1.165) is 0 Å². The van der Waals surface area contributed by atoms with E-state index in [9.17, 15) is 0 Å². The lowest BCUT2D eigenvalue weighted by Crippen LogP contribution is -2.33. The topological polar surface area (TPSA) is 3.24 Å². The van der Waals surface area contributed by atoms with E-state index in [1.54, 1.807) is 0 Å². The van der Waals surface area contributed by atoms with Gasteiger partial charge in [0.25, 0.3) is 0 Å². The van der Waals surface area contributed by atoms with Gasteiger partial charge >= 0.3 is 0 Å². The first-order chi connectivity index (χ1) is 9.81. The molecule has 0 spiro atoms. The van der Waals surface area contributed by atoms with Gasteiger partial charge in [0.1, 0.15) is 0 Å². The summed E-state index contributed by atoms with van der Waals surface area (Å²) in [6.45, 7) is 8.96. The maximum absolute atomic E-state index is 2.60. The van der Waals surface area contributed by atoms with Crippen molar-refractivity contribution in [2.24, 2.45) is 0 Å². The molecule has 1 heterocycles. The Morgan fingerprint density at radius 2 is 1.75 bits per heavy atom. The Hall–Kier alpha value is -1.08. The minimum absolute atomic E-state index is 0.641. The van der Waals surface area contributed by atoms with Crippen LogP contribution in [0.2, 0.25) is 0 Å². The number of benzene rings is 1.